The Balaban J connectivity index is 3.13. The molecule has 0 unspecified atom stereocenters. The van der Waals surface area contributed by atoms with Gasteiger partial charge in [-0.05, 0) is 38.8 Å². The lowest BCUT2D eigenvalue weighted by molar-refractivity contribution is 0.469. The third-order valence-electron chi connectivity index (χ3n) is 3.56. The van der Waals surface area contributed by atoms with E-state index in [4.69, 9.17) is 5.73 Å². The summed E-state index contributed by atoms with van der Waals surface area (Å²) in [6.45, 7) is 8.76. The number of para-hydroxylation sites is 1. The van der Waals surface area contributed by atoms with Gasteiger partial charge < -0.3 is 10.6 Å². The fourth-order valence-electron chi connectivity index (χ4n) is 1.74. The predicted octanol–water partition coefficient (Wildman–Crippen LogP) is 3.33. The van der Waals surface area contributed by atoms with Crippen LogP contribution in [0, 0.1) is 0 Å². The number of anilines is 1. The minimum absolute atomic E-state index is 0.0753. The lowest BCUT2D eigenvalue weighted by Crippen LogP contribution is -2.41. The van der Waals surface area contributed by atoms with Crippen LogP contribution < -0.4 is 10.6 Å². The van der Waals surface area contributed by atoms with E-state index in [1.54, 1.807) is 0 Å². The highest BCUT2D eigenvalue weighted by atomic mass is 15.2. The van der Waals surface area contributed by atoms with Crippen LogP contribution in [0.2, 0.25) is 0 Å². The molecule has 0 aliphatic heterocycles. The molecule has 2 nitrogen and oxygen atoms in total. The Labute approximate surface area is 99.5 Å². The Morgan fingerprint density at radius 2 is 1.88 bits per heavy atom. The Hall–Kier alpha value is -1.02. The van der Waals surface area contributed by atoms with Gasteiger partial charge in [0.1, 0.15) is 0 Å². The van der Waals surface area contributed by atoms with Crippen molar-refractivity contribution in [3.8, 4) is 0 Å². The van der Waals surface area contributed by atoms with E-state index in [9.17, 15) is 0 Å². The summed E-state index contributed by atoms with van der Waals surface area (Å²) < 4.78 is 0. The molecule has 2 heteroatoms. The SMILES string of the molecule is CCC(C)(C)N(C)c1ccccc1[C@H](C)N. The third-order valence-corrected chi connectivity index (χ3v) is 3.56. The molecule has 0 saturated carbocycles. The first-order chi connectivity index (χ1) is 7.40. The lowest BCUT2D eigenvalue weighted by Gasteiger charge is -2.38. The average Bonchev–Trinajstić information content (AvgIpc) is 2.28. The van der Waals surface area contributed by atoms with Crippen LogP contribution in [0.5, 0.6) is 0 Å². The quantitative estimate of drug-likeness (QED) is 0.843. The van der Waals surface area contributed by atoms with Crippen LogP contribution in [0.4, 0.5) is 5.69 Å². The van der Waals surface area contributed by atoms with Crippen molar-refractivity contribution in [2.45, 2.75) is 45.7 Å². The van der Waals surface area contributed by atoms with Gasteiger partial charge >= 0.3 is 0 Å². The van der Waals surface area contributed by atoms with Gasteiger partial charge in [0.05, 0.1) is 0 Å². The van der Waals surface area contributed by atoms with Gasteiger partial charge in [-0.3, -0.25) is 0 Å². The number of rotatable bonds is 4. The van der Waals surface area contributed by atoms with Crippen molar-refractivity contribution in [2.24, 2.45) is 5.73 Å². The molecule has 1 aromatic rings. The van der Waals surface area contributed by atoms with Crippen LogP contribution in [0.1, 0.15) is 45.7 Å². The summed E-state index contributed by atoms with van der Waals surface area (Å²) in [6, 6.07) is 8.46. The van der Waals surface area contributed by atoms with Crippen LogP contribution in [0.25, 0.3) is 0 Å². The maximum atomic E-state index is 6.01. The normalized spacial score (nSPS) is 13.6. The van der Waals surface area contributed by atoms with Crippen LogP contribution in [-0.2, 0) is 0 Å². The molecule has 1 atom stereocenters. The lowest BCUT2D eigenvalue weighted by atomic mass is 9.96. The molecule has 0 bridgehead atoms. The summed E-state index contributed by atoms with van der Waals surface area (Å²) in [5, 5.41) is 0. The van der Waals surface area contributed by atoms with Crippen LogP contribution in [-0.4, -0.2) is 12.6 Å². The van der Waals surface area contributed by atoms with Crippen LogP contribution >= 0.6 is 0 Å². The molecule has 16 heavy (non-hydrogen) atoms. The first-order valence-electron chi connectivity index (χ1n) is 5.98. The molecule has 0 aliphatic carbocycles. The van der Waals surface area contributed by atoms with Crippen molar-refractivity contribution in [3.05, 3.63) is 29.8 Å². The van der Waals surface area contributed by atoms with E-state index < -0.39 is 0 Å². The number of nitrogens with zero attached hydrogens (tertiary/aromatic N) is 1. The van der Waals surface area contributed by atoms with Gasteiger partial charge in [0, 0.05) is 24.3 Å². The van der Waals surface area contributed by atoms with Crippen molar-refractivity contribution >= 4 is 5.69 Å². The zero-order chi connectivity index (χ0) is 12.3. The van der Waals surface area contributed by atoms with Gasteiger partial charge in [-0.25, -0.2) is 0 Å². The Kier molecular flexibility index (Phi) is 3.98. The molecule has 0 saturated heterocycles. The van der Waals surface area contributed by atoms with Gasteiger partial charge in [-0.2, -0.15) is 0 Å². The van der Waals surface area contributed by atoms with E-state index >= 15 is 0 Å². The standard InChI is InChI=1S/C14H24N2/c1-6-14(3,4)16(5)13-10-8-7-9-12(13)11(2)15/h7-11H,6,15H2,1-5H3/t11-/m0/s1. The monoisotopic (exact) mass is 220 g/mol. The molecule has 90 valence electrons. The molecule has 0 amide bonds. The van der Waals surface area contributed by atoms with E-state index in [-0.39, 0.29) is 11.6 Å². The largest absolute Gasteiger partial charge is 0.369 e. The molecule has 0 fully saturated rings. The molecule has 0 radical (unpaired) electrons. The van der Waals surface area contributed by atoms with Gasteiger partial charge in [0.2, 0.25) is 0 Å². The first-order valence-corrected chi connectivity index (χ1v) is 5.98. The summed E-state index contributed by atoms with van der Waals surface area (Å²) in [7, 11) is 2.14. The fraction of sp³-hybridized carbons (Fsp3) is 0.571. The van der Waals surface area contributed by atoms with Gasteiger partial charge in [0.25, 0.3) is 0 Å². The smallest absolute Gasteiger partial charge is 0.0416 e. The molecular weight excluding hydrogens is 196 g/mol. The average molecular weight is 220 g/mol. The summed E-state index contributed by atoms with van der Waals surface area (Å²) in [5.41, 5.74) is 8.62. The summed E-state index contributed by atoms with van der Waals surface area (Å²) in [6.07, 6.45) is 1.11. The molecule has 2 N–H and O–H groups in total. The van der Waals surface area contributed by atoms with Crippen LogP contribution in [0.15, 0.2) is 24.3 Å². The van der Waals surface area contributed by atoms with Gasteiger partial charge in [-0.15, -0.1) is 0 Å². The Bertz CT molecular complexity index is 342. The summed E-state index contributed by atoms with van der Waals surface area (Å²) >= 11 is 0. The number of hydrogen-bond donors (Lipinski definition) is 1. The van der Waals surface area contributed by atoms with Gasteiger partial charge in [0.15, 0.2) is 0 Å². The second kappa shape index (κ2) is 4.88. The predicted molar refractivity (Wildman–Crippen MR) is 71.8 cm³/mol. The summed E-state index contributed by atoms with van der Waals surface area (Å²) in [5.74, 6) is 0. The molecule has 0 heterocycles. The molecular formula is C14H24N2. The minimum Gasteiger partial charge on any atom is -0.369 e. The maximum absolute atomic E-state index is 6.01. The zero-order valence-corrected chi connectivity index (χ0v) is 11.1. The molecule has 1 aromatic carbocycles. The van der Waals surface area contributed by atoms with E-state index in [2.05, 4.69) is 57.0 Å². The molecule has 0 spiro atoms. The zero-order valence-electron chi connectivity index (χ0n) is 11.1. The Morgan fingerprint density at radius 1 is 1.31 bits per heavy atom. The van der Waals surface area contributed by atoms with E-state index in [1.165, 1.54) is 11.3 Å². The fourth-order valence-corrected chi connectivity index (χ4v) is 1.74. The number of hydrogen-bond acceptors (Lipinski definition) is 2. The third kappa shape index (κ3) is 2.56. The second-order valence-corrected chi connectivity index (χ2v) is 5.07. The van der Waals surface area contributed by atoms with Crippen molar-refractivity contribution in [1.82, 2.24) is 0 Å². The summed E-state index contributed by atoms with van der Waals surface area (Å²) in [4.78, 5) is 2.33. The van der Waals surface area contributed by atoms with E-state index in [1.807, 2.05) is 6.92 Å². The molecule has 1 rings (SSSR count). The van der Waals surface area contributed by atoms with Crippen molar-refractivity contribution < 1.29 is 0 Å². The second-order valence-electron chi connectivity index (χ2n) is 5.07. The Morgan fingerprint density at radius 3 is 2.38 bits per heavy atom. The molecule has 0 aliphatic rings. The van der Waals surface area contributed by atoms with E-state index in [0.29, 0.717) is 0 Å². The number of benzene rings is 1. The first kappa shape index (κ1) is 13.0. The van der Waals surface area contributed by atoms with Crippen LogP contribution in [0.3, 0.4) is 0 Å². The van der Waals surface area contributed by atoms with E-state index in [0.717, 1.165) is 6.42 Å². The van der Waals surface area contributed by atoms with Gasteiger partial charge in [-0.1, -0.05) is 25.1 Å². The highest BCUT2D eigenvalue weighted by Gasteiger charge is 2.23. The highest BCUT2D eigenvalue weighted by Crippen LogP contribution is 2.30. The number of nitrogens with two attached hydrogens (primary N) is 1. The van der Waals surface area contributed by atoms with Crippen molar-refractivity contribution in [1.29, 1.82) is 0 Å². The maximum Gasteiger partial charge on any atom is 0.0416 e. The minimum atomic E-state index is 0.0753. The highest BCUT2D eigenvalue weighted by molar-refractivity contribution is 5.56. The topological polar surface area (TPSA) is 29.3 Å². The van der Waals surface area contributed by atoms with Crippen molar-refractivity contribution in [2.75, 3.05) is 11.9 Å². The van der Waals surface area contributed by atoms with Crippen molar-refractivity contribution in [3.63, 3.8) is 0 Å². The molecule has 0 aromatic heterocycles.